The monoisotopic (exact) mass is 236 g/mol. The largest absolute Gasteiger partial charge is 0.482 e. The van der Waals surface area contributed by atoms with E-state index in [1.807, 2.05) is 13.8 Å². The molecule has 0 atom stereocenters. The minimum atomic E-state index is -1.02. The molecule has 0 aliphatic carbocycles. The van der Waals surface area contributed by atoms with Gasteiger partial charge in [-0.05, 0) is 37.1 Å². The lowest BCUT2D eigenvalue weighted by Gasteiger charge is -2.08. The normalized spacial score (nSPS) is 10.0. The first-order chi connectivity index (χ1) is 8.04. The van der Waals surface area contributed by atoms with E-state index < -0.39 is 5.97 Å². The van der Waals surface area contributed by atoms with Crippen LogP contribution in [-0.2, 0) is 4.79 Å². The summed E-state index contributed by atoms with van der Waals surface area (Å²) in [6.45, 7) is 3.40. The molecule has 0 unspecified atom stereocenters. The van der Waals surface area contributed by atoms with E-state index in [4.69, 9.17) is 9.84 Å². The molecule has 0 bridgehead atoms. The van der Waals surface area contributed by atoms with Gasteiger partial charge in [0.15, 0.2) is 12.4 Å². The van der Waals surface area contributed by atoms with E-state index in [9.17, 15) is 9.59 Å². The smallest absolute Gasteiger partial charge is 0.341 e. The van der Waals surface area contributed by atoms with Gasteiger partial charge < -0.3 is 9.84 Å². The SMILES string of the molecule is CCCC(=O)c1ccc(OCC(=O)O)cc1C. The van der Waals surface area contributed by atoms with Crippen LogP contribution < -0.4 is 4.74 Å². The molecular weight excluding hydrogens is 220 g/mol. The minimum Gasteiger partial charge on any atom is -0.482 e. The number of aryl methyl sites for hydroxylation is 1. The van der Waals surface area contributed by atoms with Gasteiger partial charge in [0.1, 0.15) is 5.75 Å². The fraction of sp³-hybridized carbons (Fsp3) is 0.385. The second kappa shape index (κ2) is 6.03. The van der Waals surface area contributed by atoms with E-state index in [0.29, 0.717) is 17.7 Å². The first-order valence-electron chi connectivity index (χ1n) is 5.53. The summed E-state index contributed by atoms with van der Waals surface area (Å²) in [6.07, 6.45) is 1.34. The van der Waals surface area contributed by atoms with Crippen molar-refractivity contribution in [2.24, 2.45) is 0 Å². The van der Waals surface area contributed by atoms with Gasteiger partial charge in [-0.2, -0.15) is 0 Å². The average molecular weight is 236 g/mol. The topological polar surface area (TPSA) is 63.6 Å². The summed E-state index contributed by atoms with van der Waals surface area (Å²) < 4.78 is 5.03. The predicted octanol–water partition coefficient (Wildman–Crippen LogP) is 2.44. The lowest BCUT2D eigenvalue weighted by molar-refractivity contribution is -0.139. The van der Waals surface area contributed by atoms with Gasteiger partial charge in [-0.1, -0.05) is 6.92 Å². The molecule has 0 fully saturated rings. The van der Waals surface area contributed by atoms with Crippen molar-refractivity contribution in [1.29, 1.82) is 0 Å². The molecule has 1 rings (SSSR count). The Hall–Kier alpha value is -1.84. The van der Waals surface area contributed by atoms with Crippen LogP contribution in [0.4, 0.5) is 0 Å². The molecule has 1 aromatic rings. The van der Waals surface area contributed by atoms with Gasteiger partial charge >= 0.3 is 5.97 Å². The van der Waals surface area contributed by atoms with E-state index >= 15 is 0 Å². The summed E-state index contributed by atoms with van der Waals surface area (Å²) in [5.41, 5.74) is 1.49. The lowest BCUT2D eigenvalue weighted by Crippen LogP contribution is -2.10. The molecule has 4 nitrogen and oxygen atoms in total. The van der Waals surface area contributed by atoms with Crippen LogP contribution in [-0.4, -0.2) is 23.5 Å². The quantitative estimate of drug-likeness (QED) is 0.770. The molecule has 0 saturated heterocycles. The Bertz CT molecular complexity index is 423. The molecule has 0 spiro atoms. The molecule has 1 aromatic carbocycles. The zero-order valence-corrected chi connectivity index (χ0v) is 10.0. The second-order valence-electron chi connectivity index (χ2n) is 3.83. The number of rotatable bonds is 6. The van der Waals surface area contributed by atoms with Crippen molar-refractivity contribution in [3.63, 3.8) is 0 Å². The van der Waals surface area contributed by atoms with Gasteiger partial charge in [-0.25, -0.2) is 4.79 Å². The van der Waals surface area contributed by atoms with E-state index in [0.717, 1.165) is 12.0 Å². The van der Waals surface area contributed by atoms with Gasteiger partial charge in [-0.3, -0.25) is 4.79 Å². The molecule has 92 valence electrons. The summed E-state index contributed by atoms with van der Waals surface area (Å²) in [5.74, 6) is -0.443. The van der Waals surface area contributed by atoms with Gasteiger partial charge in [0.05, 0.1) is 0 Å². The number of carboxylic acids is 1. The number of benzene rings is 1. The number of hydrogen-bond donors (Lipinski definition) is 1. The van der Waals surface area contributed by atoms with Crippen molar-refractivity contribution in [2.75, 3.05) is 6.61 Å². The number of ether oxygens (including phenoxy) is 1. The Labute approximate surface area is 100 Å². The van der Waals surface area contributed by atoms with E-state index in [-0.39, 0.29) is 12.4 Å². The summed E-state index contributed by atoms with van der Waals surface area (Å²) in [7, 11) is 0. The molecule has 4 heteroatoms. The molecule has 0 aliphatic rings. The average Bonchev–Trinajstić information content (AvgIpc) is 2.26. The fourth-order valence-electron chi connectivity index (χ4n) is 1.55. The molecule has 0 radical (unpaired) electrons. The van der Waals surface area contributed by atoms with Crippen LogP contribution in [0.5, 0.6) is 5.75 Å². The van der Waals surface area contributed by atoms with Crippen LogP contribution in [0, 0.1) is 6.92 Å². The number of Topliss-reactive ketones (excluding diaryl/α,β-unsaturated/α-hetero) is 1. The van der Waals surface area contributed by atoms with Crippen molar-refractivity contribution in [2.45, 2.75) is 26.7 Å². The van der Waals surface area contributed by atoms with Crippen molar-refractivity contribution in [3.8, 4) is 5.75 Å². The molecule has 0 heterocycles. The van der Waals surface area contributed by atoms with Crippen molar-refractivity contribution >= 4 is 11.8 Å². The molecule has 0 saturated carbocycles. The molecule has 0 aromatic heterocycles. The maximum Gasteiger partial charge on any atom is 0.341 e. The molecule has 0 amide bonds. The van der Waals surface area contributed by atoms with Gasteiger partial charge in [0, 0.05) is 12.0 Å². The fourth-order valence-corrected chi connectivity index (χ4v) is 1.55. The van der Waals surface area contributed by atoms with Crippen LogP contribution in [0.1, 0.15) is 35.7 Å². The predicted molar refractivity (Wildman–Crippen MR) is 63.5 cm³/mol. The third-order valence-corrected chi connectivity index (χ3v) is 2.34. The third-order valence-electron chi connectivity index (χ3n) is 2.34. The summed E-state index contributed by atoms with van der Waals surface area (Å²) >= 11 is 0. The zero-order valence-electron chi connectivity index (χ0n) is 10.0. The molecular formula is C13H16O4. The summed E-state index contributed by atoms with van der Waals surface area (Å²) in [5, 5.41) is 8.48. The Morgan fingerprint density at radius 3 is 2.59 bits per heavy atom. The molecule has 1 N–H and O–H groups in total. The van der Waals surface area contributed by atoms with Crippen LogP contribution in [0.2, 0.25) is 0 Å². The van der Waals surface area contributed by atoms with Crippen LogP contribution in [0.15, 0.2) is 18.2 Å². The van der Waals surface area contributed by atoms with Crippen molar-refractivity contribution in [1.82, 2.24) is 0 Å². The highest BCUT2D eigenvalue weighted by Gasteiger charge is 2.09. The number of hydrogen-bond acceptors (Lipinski definition) is 3. The first-order valence-corrected chi connectivity index (χ1v) is 5.53. The van der Waals surface area contributed by atoms with Gasteiger partial charge in [0.25, 0.3) is 0 Å². The highest BCUT2D eigenvalue weighted by Crippen LogP contribution is 2.19. The van der Waals surface area contributed by atoms with Crippen LogP contribution >= 0.6 is 0 Å². The highest BCUT2D eigenvalue weighted by molar-refractivity contribution is 5.97. The lowest BCUT2D eigenvalue weighted by atomic mass is 10.0. The Balaban J connectivity index is 2.79. The summed E-state index contributed by atoms with van der Waals surface area (Å²) in [4.78, 5) is 22.0. The minimum absolute atomic E-state index is 0.106. The molecule has 17 heavy (non-hydrogen) atoms. The maximum absolute atomic E-state index is 11.7. The van der Waals surface area contributed by atoms with E-state index in [1.54, 1.807) is 18.2 Å². The maximum atomic E-state index is 11.7. The highest BCUT2D eigenvalue weighted by atomic mass is 16.5. The van der Waals surface area contributed by atoms with Crippen LogP contribution in [0.25, 0.3) is 0 Å². The Kier molecular flexibility index (Phi) is 4.69. The first kappa shape index (κ1) is 13.2. The number of carbonyl (C=O) groups is 2. The second-order valence-corrected chi connectivity index (χ2v) is 3.83. The van der Waals surface area contributed by atoms with Crippen molar-refractivity contribution < 1.29 is 19.4 Å². The number of carboxylic acid groups (broad SMARTS) is 1. The van der Waals surface area contributed by atoms with Crippen molar-refractivity contribution in [3.05, 3.63) is 29.3 Å². The van der Waals surface area contributed by atoms with Gasteiger partial charge in [-0.15, -0.1) is 0 Å². The number of ketones is 1. The van der Waals surface area contributed by atoms with E-state index in [2.05, 4.69) is 0 Å². The Morgan fingerprint density at radius 1 is 1.35 bits per heavy atom. The number of aliphatic carboxylic acids is 1. The molecule has 0 aliphatic heterocycles. The number of carbonyl (C=O) groups excluding carboxylic acids is 1. The Morgan fingerprint density at radius 2 is 2.06 bits per heavy atom. The zero-order chi connectivity index (χ0) is 12.8. The van der Waals surface area contributed by atoms with E-state index in [1.165, 1.54) is 0 Å². The standard InChI is InChI=1S/C13H16O4/c1-3-4-12(14)11-6-5-10(7-9(11)2)17-8-13(15)16/h5-7H,3-4,8H2,1-2H3,(H,15,16). The summed E-state index contributed by atoms with van der Waals surface area (Å²) in [6, 6.07) is 5.00. The van der Waals surface area contributed by atoms with Gasteiger partial charge in [0.2, 0.25) is 0 Å². The van der Waals surface area contributed by atoms with Crippen LogP contribution in [0.3, 0.4) is 0 Å². The third kappa shape index (κ3) is 3.90.